The molecule has 0 atom stereocenters. The topological polar surface area (TPSA) is 88.0 Å². The standard InChI is InChI=1S/C27H29N3O5/c1-33-27(32)34-22-7-8-24-23(17-22)20(18-28-24)4-2-3-11-29-12-14-30(15-13-29)21-6-9-25-19(16-21)5-10-26(31)35-25/h5-10,16-18,28H,2-4,11-15H2,1H3. The smallest absolute Gasteiger partial charge is 0.437 e. The van der Waals surface area contributed by atoms with Gasteiger partial charge in [0, 0.05) is 60.4 Å². The van der Waals surface area contributed by atoms with Crippen molar-refractivity contribution in [2.24, 2.45) is 0 Å². The molecule has 0 saturated carbocycles. The maximum Gasteiger partial charge on any atom is 0.513 e. The first-order chi connectivity index (χ1) is 17.1. The van der Waals surface area contributed by atoms with E-state index in [1.807, 2.05) is 36.5 Å². The summed E-state index contributed by atoms with van der Waals surface area (Å²) in [7, 11) is 1.30. The van der Waals surface area contributed by atoms with Crippen LogP contribution in [0.15, 0.2) is 63.9 Å². The van der Waals surface area contributed by atoms with Crippen LogP contribution in [-0.4, -0.2) is 55.9 Å². The van der Waals surface area contributed by atoms with Gasteiger partial charge in [-0.25, -0.2) is 9.59 Å². The van der Waals surface area contributed by atoms with Gasteiger partial charge in [-0.1, -0.05) is 0 Å². The van der Waals surface area contributed by atoms with Crippen LogP contribution in [0, 0.1) is 0 Å². The molecule has 1 N–H and O–H groups in total. The molecular formula is C27H29N3O5. The lowest BCUT2D eigenvalue weighted by Crippen LogP contribution is -2.46. The highest BCUT2D eigenvalue weighted by molar-refractivity contribution is 5.85. The molecule has 1 aliphatic heterocycles. The molecule has 1 saturated heterocycles. The van der Waals surface area contributed by atoms with Crippen LogP contribution >= 0.6 is 0 Å². The summed E-state index contributed by atoms with van der Waals surface area (Å²) >= 11 is 0. The predicted molar refractivity (Wildman–Crippen MR) is 135 cm³/mol. The third kappa shape index (κ3) is 5.33. The lowest BCUT2D eigenvalue weighted by Gasteiger charge is -2.36. The van der Waals surface area contributed by atoms with Crippen molar-refractivity contribution in [1.29, 1.82) is 0 Å². The number of piperazine rings is 1. The second kappa shape index (κ2) is 10.2. The van der Waals surface area contributed by atoms with Gasteiger partial charge in [-0.05, 0) is 73.8 Å². The van der Waals surface area contributed by atoms with E-state index < -0.39 is 6.16 Å². The van der Waals surface area contributed by atoms with Gasteiger partial charge in [0.05, 0.1) is 7.11 Å². The zero-order valence-electron chi connectivity index (χ0n) is 19.8. The van der Waals surface area contributed by atoms with Gasteiger partial charge >= 0.3 is 11.8 Å². The van der Waals surface area contributed by atoms with Gasteiger partial charge in [-0.15, -0.1) is 0 Å². The number of methoxy groups -OCH3 is 1. The molecule has 1 fully saturated rings. The largest absolute Gasteiger partial charge is 0.513 e. The third-order valence-corrected chi connectivity index (χ3v) is 6.62. The highest BCUT2D eigenvalue weighted by atomic mass is 16.7. The Kier molecular flexibility index (Phi) is 6.72. The second-order valence-electron chi connectivity index (χ2n) is 8.84. The number of nitrogens with zero attached hydrogens (tertiary/aromatic N) is 2. The zero-order valence-corrected chi connectivity index (χ0v) is 19.8. The fraction of sp³-hybridized carbons (Fsp3) is 0.333. The van der Waals surface area contributed by atoms with E-state index in [2.05, 4.69) is 25.6 Å². The minimum Gasteiger partial charge on any atom is -0.437 e. The number of aromatic nitrogens is 1. The van der Waals surface area contributed by atoms with Gasteiger partial charge in [-0.3, -0.25) is 4.90 Å². The van der Waals surface area contributed by atoms with Crippen molar-refractivity contribution >= 4 is 33.7 Å². The summed E-state index contributed by atoms with van der Waals surface area (Å²) in [5.74, 6) is 0.485. The maximum atomic E-state index is 11.4. The Labute approximate surface area is 203 Å². The number of nitrogens with one attached hydrogen (secondary N) is 1. The van der Waals surface area contributed by atoms with Crippen molar-refractivity contribution in [1.82, 2.24) is 9.88 Å². The van der Waals surface area contributed by atoms with Crippen LogP contribution in [0.5, 0.6) is 5.75 Å². The first-order valence-corrected chi connectivity index (χ1v) is 12.0. The highest BCUT2D eigenvalue weighted by Crippen LogP contribution is 2.26. The Balaban J connectivity index is 1.10. The second-order valence-corrected chi connectivity index (χ2v) is 8.84. The van der Waals surface area contributed by atoms with Gasteiger partial charge in [0.25, 0.3) is 0 Å². The molecule has 8 nitrogen and oxygen atoms in total. The lowest BCUT2D eigenvalue weighted by atomic mass is 10.1. The van der Waals surface area contributed by atoms with Gasteiger partial charge < -0.3 is 23.8 Å². The summed E-state index contributed by atoms with van der Waals surface area (Å²) in [6.45, 7) is 5.10. The van der Waals surface area contributed by atoms with Crippen LogP contribution in [0.4, 0.5) is 10.5 Å². The highest BCUT2D eigenvalue weighted by Gasteiger charge is 2.17. The molecule has 35 heavy (non-hydrogen) atoms. The van der Waals surface area contributed by atoms with E-state index in [9.17, 15) is 9.59 Å². The normalized spacial score (nSPS) is 14.5. The monoisotopic (exact) mass is 475 g/mol. The van der Waals surface area contributed by atoms with Crippen LogP contribution in [-0.2, 0) is 11.2 Å². The molecule has 0 spiro atoms. The molecule has 4 aromatic rings. The minimum atomic E-state index is -0.713. The number of carbonyl (C=O) groups excluding carboxylic acids is 1. The molecule has 0 bridgehead atoms. The number of carbonyl (C=O) groups is 1. The summed E-state index contributed by atoms with van der Waals surface area (Å²) in [6, 6.07) is 14.9. The van der Waals surface area contributed by atoms with Crippen molar-refractivity contribution in [3.05, 3.63) is 70.7 Å². The molecule has 8 heteroatoms. The summed E-state index contributed by atoms with van der Waals surface area (Å²) in [4.78, 5) is 31.0. The molecule has 5 rings (SSSR count). The van der Waals surface area contributed by atoms with E-state index in [1.54, 1.807) is 6.07 Å². The molecule has 2 aromatic heterocycles. The number of ether oxygens (including phenoxy) is 2. The van der Waals surface area contributed by atoms with Gasteiger partial charge in [0.1, 0.15) is 11.3 Å². The molecule has 0 unspecified atom stereocenters. The number of anilines is 1. The number of hydrogen-bond acceptors (Lipinski definition) is 7. The lowest BCUT2D eigenvalue weighted by molar-refractivity contribution is 0.121. The molecule has 1 aliphatic rings. The van der Waals surface area contributed by atoms with E-state index in [0.717, 1.165) is 68.3 Å². The van der Waals surface area contributed by atoms with Crippen LogP contribution < -0.4 is 15.3 Å². The van der Waals surface area contributed by atoms with Crippen molar-refractivity contribution in [2.75, 3.05) is 44.7 Å². The summed E-state index contributed by atoms with van der Waals surface area (Å²) in [5, 5.41) is 2.03. The van der Waals surface area contributed by atoms with E-state index in [0.29, 0.717) is 11.3 Å². The van der Waals surface area contributed by atoms with E-state index >= 15 is 0 Å². The van der Waals surface area contributed by atoms with Crippen LogP contribution in [0.3, 0.4) is 0 Å². The minimum absolute atomic E-state index is 0.319. The Morgan fingerprint density at radius 3 is 2.71 bits per heavy atom. The Bertz CT molecular complexity index is 1380. The van der Waals surface area contributed by atoms with Crippen LogP contribution in [0.25, 0.3) is 21.9 Å². The Morgan fingerprint density at radius 2 is 1.89 bits per heavy atom. The van der Waals surface area contributed by atoms with Gasteiger partial charge in [0.15, 0.2) is 0 Å². The number of rotatable bonds is 7. The van der Waals surface area contributed by atoms with Crippen molar-refractivity contribution in [2.45, 2.75) is 19.3 Å². The van der Waals surface area contributed by atoms with Crippen molar-refractivity contribution in [3.63, 3.8) is 0 Å². The predicted octanol–water partition coefficient (Wildman–Crippen LogP) is 4.56. The number of hydrogen-bond donors (Lipinski definition) is 1. The molecule has 3 heterocycles. The van der Waals surface area contributed by atoms with Gasteiger partial charge in [-0.2, -0.15) is 0 Å². The molecule has 0 amide bonds. The number of aromatic amines is 1. The number of aryl methyl sites for hydroxylation is 1. The molecule has 182 valence electrons. The Hall–Kier alpha value is -3.78. The van der Waals surface area contributed by atoms with Gasteiger partial charge in [0.2, 0.25) is 0 Å². The summed E-state index contributed by atoms with van der Waals surface area (Å²) in [6.07, 6.45) is 4.51. The fourth-order valence-electron chi connectivity index (χ4n) is 4.70. The molecule has 2 aromatic carbocycles. The fourth-order valence-corrected chi connectivity index (χ4v) is 4.70. The first kappa shape index (κ1) is 23.0. The maximum absolute atomic E-state index is 11.4. The first-order valence-electron chi connectivity index (χ1n) is 12.0. The van der Waals surface area contributed by atoms with Crippen molar-refractivity contribution < 1.29 is 18.7 Å². The van der Waals surface area contributed by atoms with Crippen LogP contribution in [0.1, 0.15) is 18.4 Å². The zero-order chi connectivity index (χ0) is 24.2. The Morgan fingerprint density at radius 1 is 1.03 bits per heavy atom. The quantitative estimate of drug-likeness (QED) is 0.181. The van der Waals surface area contributed by atoms with E-state index in [1.165, 1.54) is 24.4 Å². The molecular weight excluding hydrogens is 446 g/mol. The summed E-state index contributed by atoms with van der Waals surface area (Å²) < 4.78 is 15.0. The number of benzene rings is 2. The third-order valence-electron chi connectivity index (χ3n) is 6.62. The number of fused-ring (bicyclic) bond motifs is 2. The number of unbranched alkanes of at least 4 members (excludes halogenated alkanes) is 1. The SMILES string of the molecule is COC(=O)Oc1ccc2[nH]cc(CCCCN3CCN(c4ccc5oc(=O)ccc5c4)CC3)c2c1. The average Bonchev–Trinajstić information content (AvgIpc) is 3.28. The van der Waals surface area contributed by atoms with E-state index in [4.69, 9.17) is 9.15 Å². The average molecular weight is 476 g/mol. The van der Waals surface area contributed by atoms with Crippen LogP contribution in [0.2, 0.25) is 0 Å². The molecule has 0 aliphatic carbocycles. The van der Waals surface area contributed by atoms with E-state index in [-0.39, 0.29) is 5.63 Å². The number of H-pyrrole nitrogens is 1. The van der Waals surface area contributed by atoms with Crippen molar-refractivity contribution in [3.8, 4) is 5.75 Å². The summed E-state index contributed by atoms with van der Waals surface area (Å²) in [5.41, 5.74) is 3.74. The molecule has 0 radical (unpaired) electrons.